The van der Waals surface area contributed by atoms with Crippen molar-refractivity contribution in [2.24, 2.45) is 29.6 Å². The highest BCUT2D eigenvalue weighted by Crippen LogP contribution is 2.48. The van der Waals surface area contributed by atoms with Gasteiger partial charge in [-0.2, -0.15) is 25.7 Å². The number of nitrogens with zero attached hydrogens (tertiary/aromatic N) is 18. The Balaban J connectivity index is 0.000000105. The normalized spacial score (nSPS) is 22.5. The molecule has 12 atom stereocenters. The zero-order chi connectivity index (χ0) is 84.1. The zero-order valence-corrected chi connectivity index (χ0v) is 70.2. The summed E-state index contributed by atoms with van der Waals surface area (Å²) >= 11 is 5.98. The lowest BCUT2D eigenvalue weighted by Gasteiger charge is -2.26. The highest BCUT2D eigenvalue weighted by atomic mass is 35.5. The van der Waals surface area contributed by atoms with Crippen molar-refractivity contribution in [2.75, 3.05) is 0 Å². The molecule has 4 amide bonds. The molecular weight excluding hydrogens is 1570 g/mol. The topological polar surface area (TPSA) is 304 Å². The van der Waals surface area contributed by atoms with E-state index in [1.807, 2.05) is 143 Å². The Morgan fingerprint density at radius 1 is 0.411 bits per heavy atom. The highest BCUT2D eigenvalue weighted by Gasteiger charge is 2.52. The molecule has 8 bridgehead atoms. The van der Waals surface area contributed by atoms with Crippen LogP contribution in [0.25, 0.3) is 88.6 Å². The van der Waals surface area contributed by atoms with Gasteiger partial charge in [-0.25, -0.2) is 19.9 Å². The third-order valence-corrected chi connectivity index (χ3v) is 28.1. The molecule has 0 aliphatic carbocycles. The molecule has 0 radical (unpaired) electrons. The summed E-state index contributed by atoms with van der Waals surface area (Å²) in [6.45, 7) is 7.64. The van der Waals surface area contributed by atoms with E-state index in [4.69, 9.17) is 16.9 Å². The molecule has 12 unspecified atom stereocenters. The van der Waals surface area contributed by atoms with Crippen molar-refractivity contribution in [3.63, 3.8) is 0 Å². The van der Waals surface area contributed by atoms with Crippen LogP contribution in [0.3, 0.4) is 0 Å². The predicted octanol–water partition coefficient (Wildman–Crippen LogP) is 15.9. The summed E-state index contributed by atoms with van der Waals surface area (Å²) in [5, 5.41) is 37.5. The number of carbonyl (C=O) groups excluding carboxylic acids is 4. The molecule has 8 saturated heterocycles. The monoisotopic (exact) mass is 1670 g/mol. The average molecular weight is 1670 g/mol. The Morgan fingerprint density at radius 3 is 1.15 bits per heavy atom. The molecule has 9 aromatic heterocycles. The van der Waals surface area contributed by atoms with Crippen LogP contribution in [-0.4, -0.2) is 176 Å². The quantitative estimate of drug-likeness (QED) is 0.0552. The number of hydrogen-bond donors (Lipinski definition) is 4. The molecule has 17 heterocycles. The van der Waals surface area contributed by atoms with Crippen molar-refractivity contribution in [3.8, 4) is 50.6 Å². The molecule has 0 saturated carbocycles. The summed E-state index contributed by atoms with van der Waals surface area (Å²) < 4.78 is 9.01. The Morgan fingerprint density at radius 2 is 0.782 bits per heavy atom. The van der Waals surface area contributed by atoms with Crippen LogP contribution < -0.4 is 0 Å². The van der Waals surface area contributed by atoms with Crippen LogP contribution in [0.4, 0.5) is 0 Å². The van der Waals surface area contributed by atoms with E-state index in [0.29, 0.717) is 103 Å². The van der Waals surface area contributed by atoms with E-state index in [1.165, 1.54) is 6.42 Å². The van der Waals surface area contributed by atoms with Gasteiger partial charge in [0.05, 0.1) is 119 Å². The van der Waals surface area contributed by atoms with Crippen molar-refractivity contribution in [3.05, 3.63) is 248 Å². The van der Waals surface area contributed by atoms with E-state index < -0.39 is 0 Å². The molecule has 8 aliphatic heterocycles. The largest absolute Gasteiger partial charge is 0.336 e. The fourth-order valence-corrected chi connectivity index (χ4v) is 22.2. The van der Waals surface area contributed by atoms with E-state index in [-0.39, 0.29) is 23.8 Å². The fraction of sp³-hybridized carbons (Fsp3) is 0.361. The Hall–Kier alpha value is -13.2. The minimum absolute atomic E-state index is 0.0854. The molecule has 4 N–H and O–H groups in total. The SMILES string of the molecule is CC(C)C(=O)N1C2CCC1C(Cn1cnc3cc(-c4cn[nH]c4)ccc31)C2.N#Cc1cccc(CC(=O)N2C3CCC2C(Cn2cnc4cc(-c5cn[nH]c5)ccc42)C3)c1.O=C(CCc1ccc(Cl)cc1)N1C2CCC1C(Cn1cnc3cc(-c4cn[nH]c4)ccc31)C2.O=C(Cc1cccnc1)N1C2CCC1C(Cn1cnc3cc(-c4cn[nH]c4)ccc31)C2. The second-order valence-corrected chi connectivity index (χ2v) is 35.9. The number of H-pyrrole nitrogens is 4. The molecule has 27 heteroatoms. The molecular formula is C97H99ClN22O4. The van der Waals surface area contributed by atoms with E-state index in [1.54, 1.807) is 18.5 Å². The highest BCUT2D eigenvalue weighted by molar-refractivity contribution is 6.30. The Bertz CT molecular complexity index is 6370. The van der Waals surface area contributed by atoms with Gasteiger partial charge in [-0.15, -0.1) is 0 Å². The number of benzene rings is 6. The molecule has 26 nitrogen and oxygen atoms in total. The number of halogens is 1. The van der Waals surface area contributed by atoms with Crippen molar-refractivity contribution in [1.29, 1.82) is 5.26 Å². The summed E-state index contributed by atoms with van der Waals surface area (Å²) in [5.41, 5.74) is 20.9. The number of carbonyl (C=O) groups is 4. The predicted molar refractivity (Wildman–Crippen MR) is 474 cm³/mol. The fourth-order valence-electron chi connectivity index (χ4n) is 22.1. The van der Waals surface area contributed by atoms with Gasteiger partial charge in [0.15, 0.2) is 0 Å². The number of imidazole rings is 4. The number of pyridine rings is 1. The second-order valence-electron chi connectivity index (χ2n) is 35.5. The first-order valence-electron chi connectivity index (χ1n) is 43.9. The van der Waals surface area contributed by atoms with E-state index in [9.17, 15) is 19.2 Å². The van der Waals surface area contributed by atoms with Crippen LogP contribution in [0.5, 0.6) is 0 Å². The molecule has 8 fully saturated rings. The third kappa shape index (κ3) is 15.9. The number of aromatic nitrogens is 17. The molecule has 124 heavy (non-hydrogen) atoms. The Labute approximate surface area is 722 Å². The van der Waals surface area contributed by atoms with Crippen molar-refractivity contribution >= 4 is 79.4 Å². The molecule has 6 aromatic carbocycles. The lowest BCUT2D eigenvalue weighted by Crippen LogP contribution is -2.39. The number of aryl methyl sites for hydroxylation is 1. The first kappa shape index (κ1) is 79.3. The van der Waals surface area contributed by atoms with E-state index >= 15 is 0 Å². The van der Waals surface area contributed by atoms with Crippen LogP contribution in [0, 0.1) is 40.9 Å². The van der Waals surface area contributed by atoms with Crippen LogP contribution >= 0.6 is 11.6 Å². The number of nitrogens with one attached hydrogen (secondary N) is 4. The van der Waals surface area contributed by atoms with Crippen molar-refractivity contribution < 1.29 is 19.2 Å². The molecule has 8 aliphatic rings. The summed E-state index contributed by atoms with van der Waals surface area (Å²) in [4.78, 5) is 83.5. The van der Waals surface area contributed by atoms with Crippen LogP contribution in [0.1, 0.15) is 120 Å². The molecule has 23 rings (SSSR count). The van der Waals surface area contributed by atoms with Gasteiger partial charge >= 0.3 is 0 Å². The minimum atomic E-state index is 0.0854. The standard InChI is InChI=1S/C26H26ClN5O.C26H24N6O.C24H24N6O.C21H25N5O/c27-21-5-1-17(2-6-21)3-10-26(33)32-22-7-9-24(32)19(11-22)15-31-16-28-23-12-18(4-8-25(23)31)20-13-29-30-14-20;27-12-18-3-1-2-17(8-18)9-26(33)32-22-5-7-24(32)20(10-22)15-31-16-28-23-11-19(4-6-25(23)31)21-13-29-30-14-21;31-24(8-16-2-1-7-25-11-16)30-20-4-6-22(30)18(9-20)14-29-15-26-21-10-17(3-5-23(21)29)19-12-27-28-13-19;1-13(2)21(27)26-17-4-6-19(26)15(7-17)11-25-12-22-18-8-14(3-5-20(18)25)16-9-23-24-10-16/h1-2,4-6,8,12-14,16,19,22,24H,3,7,9-11,15H2,(H,29,30);1-4,6,8,11,13-14,16,20,22,24H,5,7,9-10,15H2,(H,29,30);1-3,5,7,10-13,15,18,20,22H,4,6,8-9,14H2,(H,27,28);3,5,8-10,12-13,15,17,19H,4,6-7,11H2,1-2H3,(H,23,24). The van der Waals surface area contributed by atoms with Gasteiger partial charge in [0.1, 0.15) is 0 Å². The van der Waals surface area contributed by atoms with Gasteiger partial charge in [-0.05, 0) is 225 Å². The molecule has 628 valence electrons. The van der Waals surface area contributed by atoms with Gasteiger partial charge in [0.25, 0.3) is 0 Å². The molecule has 15 aromatic rings. The third-order valence-electron chi connectivity index (χ3n) is 27.8. The Kier molecular flexibility index (Phi) is 21.9. The van der Waals surface area contributed by atoms with Crippen molar-refractivity contribution in [2.45, 2.75) is 191 Å². The number of aromatic amines is 4. The van der Waals surface area contributed by atoms with E-state index in [2.05, 4.69) is 182 Å². The lowest BCUT2D eigenvalue weighted by atomic mass is 9.89. The number of nitriles is 1. The maximum absolute atomic E-state index is 13.2. The number of amides is 4. The van der Waals surface area contributed by atoms with Gasteiger partial charge in [0.2, 0.25) is 23.6 Å². The zero-order valence-electron chi connectivity index (χ0n) is 69.5. The first-order valence-corrected chi connectivity index (χ1v) is 44.2. The minimum Gasteiger partial charge on any atom is -0.336 e. The van der Waals surface area contributed by atoms with Crippen LogP contribution in [-0.2, 0) is 64.6 Å². The van der Waals surface area contributed by atoms with Gasteiger partial charge in [-0.3, -0.25) is 44.6 Å². The number of hydrogen-bond acceptors (Lipinski definition) is 14. The van der Waals surface area contributed by atoms with Gasteiger partial charge < -0.3 is 37.9 Å². The number of fused-ring (bicyclic) bond motifs is 12. The molecule has 0 spiro atoms. The summed E-state index contributed by atoms with van der Waals surface area (Å²) in [6, 6.07) is 49.6. The average Bonchev–Trinajstić information content (AvgIpc) is 1.62. The van der Waals surface area contributed by atoms with Gasteiger partial charge in [-0.1, -0.05) is 80.0 Å². The maximum Gasteiger partial charge on any atom is 0.227 e. The lowest BCUT2D eigenvalue weighted by molar-refractivity contribution is -0.136. The van der Waals surface area contributed by atoms with E-state index in [0.717, 1.165) is 214 Å². The summed E-state index contributed by atoms with van der Waals surface area (Å²) in [7, 11) is 0. The summed E-state index contributed by atoms with van der Waals surface area (Å²) in [6.07, 6.45) is 41.6. The smallest absolute Gasteiger partial charge is 0.227 e. The van der Waals surface area contributed by atoms with Crippen LogP contribution in [0.15, 0.2) is 221 Å². The van der Waals surface area contributed by atoms with Gasteiger partial charge in [0, 0.05) is 151 Å². The maximum atomic E-state index is 13.2. The second kappa shape index (κ2) is 34.3. The van der Waals surface area contributed by atoms with Crippen molar-refractivity contribution in [1.82, 2.24) is 104 Å². The number of rotatable bonds is 20. The first-order chi connectivity index (χ1) is 60.7. The van der Waals surface area contributed by atoms with Crippen LogP contribution in [0.2, 0.25) is 5.02 Å². The summed E-state index contributed by atoms with van der Waals surface area (Å²) in [5.74, 6) is 3.04.